The first-order valence-electron chi connectivity index (χ1n) is 10.3. The van der Waals surface area contributed by atoms with Crippen molar-refractivity contribution in [1.29, 1.82) is 5.26 Å². The molecule has 1 saturated carbocycles. The van der Waals surface area contributed by atoms with Crippen LogP contribution in [0.5, 0.6) is 0 Å². The minimum Gasteiger partial charge on any atom is -0.325 e. The summed E-state index contributed by atoms with van der Waals surface area (Å²) in [6.45, 7) is 0.345. The highest BCUT2D eigenvalue weighted by Crippen LogP contribution is 2.31. The van der Waals surface area contributed by atoms with Crippen LogP contribution >= 0.6 is 11.3 Å². The molecule has 0 spiro atoms. The summed E-state index contributed by atoms with van der Waals surface area (Å²) in [5.41, 5.74) is 0.897. The number of carbonyl (C=O) groups excluding carboxylic acids is 3. The Hall–Kier alpha value is -2.98. The molecule has 1 atom stereocenters. The average Bonchev–Trinajstić information content (AvgIpc) is 3.40. The molecule has 7 heteroatoms. The summed E-state index contributed by atoms with van der Waals surface area (Å²) < 4.78 is 0. The predicted molar refractivity (Wildman–Crippen MR) is 113 cm³/mol. The molecular weight excluding hydrogens is 398 g/mol. The number of hydrogen-bond donors (Lipinski definition) is 0. The molecule has 1 aromatic heterocycles. The largest absolute Gasteiger partial charge is 0.325 e. The fourth-order valence-corrected chi connectivity index (χ4v) is 5.01. The minimum atomic E-state index is -0.787. The molecule has 2 aromatic rings. The summed E-state index contributed by atoms with van der Waals surface area (Å²) in [5, 5.41) is 10.9. The number of imide groups is 1. The van der Waals surface area contributed by atoms with Gasteiger partial charge in [0.2, 0.25) is 11.8 Å². The third-order valence-electron chi connectivity index (χ3n) is 5.90. The minimum absolute atomic E-state index is 0.0112. The molecule has 154 valence electrons. The van der Waals surface area contributed by atoms with Gasteiger partial charge >= 0.3 is 0 Å². The van der Waals surface area contributed by atoms with Gasteiger partial charge in [-0.15, -0.1) is 11.3 Å². The number of thiophene rings is 1. The number of carbonyl (C=O) groups is 3. The number of nitriles is 1. The van der Waals surface area contributed by atoms with Crippen LogP contribution in [-0.4, -0.2) is 28.7 Å². The van der Waals surface area contributed by atoms with E-state index in [0.717, 1.165) is 41.9 Å². The van der Waals surface area contributed by atoms with Gasteiger partial charge in [-0.05, 0) is 48.6 Å². The Labute approximate surface area is 179 Å². The molecule has 1 aliphatic heterocycles. The Morgan fingerprint density at radius 1 is 1.13 bits per heavy atom. The Morgan fingerprint density at radius 2 is 1.87 bits per heavy atom. The van der Waals surface area contributed by atoms with Crippen LogP contribution in [0.1, 0.15) is 49.0 Å². The van der Waals surface area contributed by atoms with E-state index in [2.05, 4.69) is 0 Å². The Kier molecular flexibility index (Phi) is 5.96. The fourth-order valence-electron chi connectivity index (χ4n) is 4.31. The van der Waals surface area contributed by atoms with Gasteiger partial charge in [0.15, 0.2) is 0 Å². The smallest absolute Gasteiger partial charge is 0.257 e. The summed E-state index contributed by atoms with van der Waals surface area (Å²) in [6, 6.07) is 11.5. The molecule has 6 nitrogen and oxygen atoms in total. The van der Waals surface area contributed by atoms with Crippen LogP contribution in [0.3, 0.4) is 0 Å². The molecule has 1 saturated heterocycles. The second-order valence-electron chi connectivity index (χ2n) is 7.83. The normalized spacial score (nSPS) is 19.7. The molecule has 30 heavy (non-hydrogen) atoms. The van der Waals surface area contributed by atoms with Crippen molar-refractivity contribution in [2.24, 2.45) is 5.92 Å². The number of anilines is 1. The van der Waals surface area contributed by atoms with Gasteiger partial charge in [-0.1, -0.05) is 25.3 Å². The van der Waals surface area contributed by atoms with Crippen molar-refractivity contribution in [2.75, 3.05) is 4.90 Å². The van der Waals surface area contributed by atoms with E-state index < -0.39 is 6.04 Å². The summed E-state index contributed by atoms with van der Waals surface area (Å²) in [7, 11) is 0. The lowest BCUT2D eigenvalue weighted by Crippen LogP contribution is -2.47. The number of amides is 3. The van der Waals surface area contributed by atoms with Crippen LogP contribution < -0.4 is 4.90 Å². The van der Waals surface area contributed by atoms with Gasteiger partial charge in [0.05, 0.1) is 30.3 Å². The van der Waals surface area contributed by atoms with Crippen molar-refractivity contribution in [3.8, 4) is 6.07 Å². The molecule has 0 radical (unpaired) electrons. The van der Waals surface area contributed by atoms with Crippen molar-refractivity contribution in [3.05, 3.63) is 52.2 Å². The summed E-state index contributed by atoms with van der Waals surface area (Å²) in [6.07, 6.45) is 4.86. The molecule has 0 bridgehead atoms. The zero-order valence-corrected chi connectivity index (χ0v) is 17.4. The number of nitrogens with zero attached hydrogens (tertiary/aromatic N) is 3. The molecule has 0 N–H and O–H groups in total. The third kappa shape index (κ3) is 4.01. The van der Waals surface area contributed by atoms with Crippen LogP contribution in [0, 0.1) is 17.2 Å². The Morgan fingerprint density at radius 3 is 2.50 bits per heavy atom. The third-order valence-corrected chi connectivity index (χ3v) is 6.76. The van der Waals surface area contributed by atoms with E-state index in [0.29, 0.717) is 17.8 Å². The van der Waals surface area contributed by atoms with Crippen molar-refractivity contribution in [1.82, 2.24) is 4.90 Å². The molecule has 2 fully saturated rings. The van der Waals surface area contributed by atoms with E-state index in [-0.39, 0.29) is 30.1 Å². The molecule has 4 rings (SSSR count). The number of hydrogen-bond acceptors (Lipinski definition) is 5. The highest BCUT2D eigenvalue weighted by atomic mass is 32.1. The van der Waals surface area contributed by atoms with Crippen molar-refractivity contribution in [3.63, 3.8) is 0 Å². The van der Waals surface area contributed by atoms with Crippen LogP contribution in [-0.2, 0) is 20.9 Å². The van der Waals surface area contributed by atoms with Gasteiger partial charge in [-0.2, -0.15) is 5.26 Å². The van der Waals surface area contributed by atoms with Crippen LogP contribution in [0.4, 0.5) is 5.69 Å². The van der Waals surface area contributed by atoms with E-state index in [1.807, 2.05) is 23.6 Å². The van der Waals surface area contributed by atoms with Crippen LogP contribution in [0.2, 0.25) is 0 Å². The maximum atomic E-state index is 13.4. The summed E-state index contributed by atoms with van der Waals surface area (Å²) >= 11 is 1.54. The van der Waals surface area contributed by atoms with Crippen molar-refractivity contribution >= 4 is 34.7 Å². The average molecular weight is 422 g/mol. The molecular formula is C23H23N3O3S. The summed E-state index contributed by atoms with van der Waals surface area (Å²) in [5.74, 6) is -0.783. The van der Waals surface area contributed by atoms with Crippen molar-refractivity contribution < 1.29 is 14.4 Å². The lowest BCUT2D eigenvalue weighted by atomic mass is 9.88. The van der Waals surface area contributed by atoms with Gasteiger partial charge in [0.1, 0.15) is 6.04 Å². The first-order valence-corrected chi connectivity index (χ1v) is 11.2. The van der Waals surface area contributed by atoms with E-state index in [4.69, 9.17) is 5.26 Å². The van der Waals surface area contributed by atoms with Crippen molar-refractivity contribution in [2.45, 2.75) is 51.1 Å². The SMILES string of the molecule is N#Cc1ccc(N2C(=O)CC(N(Cc3cccs3)C(=O)C3CCCCC3)C2=O)cc1. The van der Waals surface area contributed by atoms with Gasteiger partial charge in [0.25, 0.3) is 5.91 Å². The highest BCUT2D eigenvalue weighted by molar-refractivity contribution is 7.09. The van der Waals surface area contributed by atoms with E-state index in [1.54, 1.807) is 40.5 Å². The predicted octanol–water partition coefficient (Wildman–Crippen LogP) is 3.86. The molecule has 1 aromatic carbocycles. The highest BCUT2D eigenvalue weighted by Gasteiger charge is 2.45. The second-order valence-corrected chi connectivity index (χ2v) is 8.86. The van der Waals surface area contributed by atoms with E-state index >= 15 is 0 Å². The van der Waals surface area contributed by atoms with Gasteiger partial charge in [-0.25, -0.2) is 4.90 Å². The van der Waals surface area contributed by atoms with Crippen LogP contribution in [0.25, 0.3) is 0 Å². The topological polar surface area (TPSA) is 81.5 Å². The Balaban J connectivity index is 1.61. The monoisotopic (exact) mass is 421 g/mol. The summed E-state index contributed by atoms with van der Waals surface area (Å²) in [4.78, 5) is 43.2. The fraction of sp³-hybridized carbons (Fsp3) is 0.391. The van der Waals surface area contributed by atoms with E-state index in [1.165, 1.54) is 0 Å². The van der Waals surface area contributed by atoms with Gasteiger partial charge < -0.3 is 4.90 Å². The maximum absolute atomic E-state index is 13.4. The standard InChI is InChI=1S/C23H23N3O3S/c24-14-16-8-10-18(11-9-16)26-21(27)13-20(23(26)29)25(15-19-7-4-12-30-19)22(28)17-5-2-1-3-6-17/h4,7-12,17,20H,1-3,5-6,13,15H2. The van der Waals surface area contributed by atoms with E-state index in [9.17, 15) is 14.4 Å². The Bertz CT molecular complexity index is 972. The zero-order chi connectivity index (χ0) is 21.1. The van der Waals surface area contributed by atoms with Gasteiger partial charge in [0, 0.05) is 10.8 Å². The molecule has 1 aliphatic carbocycles. The number of rotatable bonds is 5. The zero-order valence-electron chi connectivity index (χ0n) is 16.6. The second kappa shape index (κ2) is 8.80. The number of benzene rings is 1. The maximum Gasteiger partial charge on any atom is 0.257 e. The van der Waals surface area contributed by atoms with Crippen LogP contribution in [0.15, 0.2) is 41.8 Å². The quantitative estimate of drug-likeness (QED) is 0.687. The lowest BCUT2D eigenvalue weighted by Gasteiger charge is -2.32. The van der Waals surface area contributed by atoms with Gasteiger partial charge in [-0.3, -0.25) is 14.4 Å². The molecule has 2 aliphatic rings. The first kappa shape index (κ1) is 20.3. The molecule has 1 unspecified atom stereocenters. The molecule has 2 heterocycles. The molecule has 3 amide bonds. The lowest BCUT2D eigenvalue weighted by molar-refractivity contribution is -0.143. The first-order chi connectivity index (χ1) is 14.6.